The Hall–Kier alpha value is -3.00. The molecule has 28 heavy (non-hydrogen) atoms. The number of aliphatic hydroxyl groups excluding tert-OH is 1. The SMILES string of the molecule is O=C1C(=O)N([C@@H]2CCS(=O)(=O)C2)[C@H](c2cccnc2)/C1=C(/O)c1ccccc1. The van der Waals surface area contributed by atoms with Gasteiger partial charge in [0.05, 0.1) is 23.1 Å². The third-order valence-electron chi connectivity index (χ3n) is 5.13. The summed E-state index contributed by atoms with van der Waals surface area (Å²) >= 11 is 0. The van der Waals surface area contributed by atoms with Crippen LogP contribution in [-0.4, -0.2) is 52.6 Å². The number of amides is 1. The Labute approximate surface area is 162 Å². The number of pyridine rings is 1. The van der Waals surface area contributed by atoms with Gasteiger partial charge in [0.1, 0.15) is 5.76 Å². The van der Waals surface area contributed by atoms with Gasteiger partial charge in [-0.25, -0.2) is 8.42 Å². The van der Waals surface area contributed by atoms with Gasteiger partial charge in [-0.2, -0.15) is 0 Å². The molecule has 0 radical (unpaired) electrons. The van der Waals surface area contributed by atoms with E-state index in [2.05, 4.69) is 4.98 Å². The first-order valence-corrected chi connectivity index (χ1v) is 10.7. The van der Waals surface area contributed by atoms with E-state index in [1.165, 1.54) is 11.1 Å². The second-order valence-corrected chi connectivity index (χ2v) is 9.14. The number of ketones is 1. The van der Waals surface area contributed by atoms with E-state index >= 15 is 0 Å². The number of sulfone groups is 1. The molecule has 0 aliphatic carbocycles. The molecule has 2 aromatic rings. The minimum absolute atomic E-state index is 0.0287. The zero-order chi connectivity index (χ0) is 19.9. The molecular weight excluding hydrogens is 380 g/mol. The molecule has 0 spiro atoms. The summed E-state index contributed by atoms with van der Waals surface area (Å²) in [5.74, 6) is -2.12. The second kappa shape index (κ2) is 6.87. The molecule has 3 heterocycles. The number of nitrogens with zero attached hydrogens (tertiary/aromatic N) is 2. The maximum atomic E-state index is 12.9. The van der Waals surface area contributed by atoms with Crippen LogP contribution >= 0.6 is 0 Å². The van der Waals surface area contributed by atoms with Crippen LogP contribution in [0, 0.1) is 0 Å². The molecule has 1 aromatic carbocycles. The van der Waals surface area contributed by atoms with Crippen molar-refractivity contribution in [3.8, 4) is 0 Å². The molecular formula is C20H18N2O5S. The zero-order valence-corrected chi connectivity index (χ0v) is 15.7. The van der Waals surface area contributed by atoms with Crippen molar-refractivity contribution < 1.29 is 23.1 Å². The number of hydrogen-bond donors (Lipinski definition) is 1. The maximum Gasteiger partial charge on any atom is 0.295 e. The summed E-state index contributed by atoms with van der Waals surface area (Å²) in [4.78, 5) is 31.1. The van der Waals surface area contributed by atoms with Gasteiger partial charge in [0.25, 0.3) is 11.7 Å². The zero-order valence-electron chi connectivity index (χ0n) is 14.9. The van der Waals surface area contributed by atoms with Gasteiger partial charge in [-0.3, -0.25) is 14.6 Å². The van der Waals surface area contributed by atoms with Crippen molar-refractivity contribution in [2.45, 2.75) is 18.5 Å². The average Bonchev–Trinajstić information content (AvgIpc) is 3.19. The number of aliphatic hydroxyl groups is 1. The fourth-order valence-corrected chi connectivity index (χ4v) is 5.55. The lowest BCUT2D eigenvalue weighted by Crippen LogP contribution is -2.40. The van der Waals surface area contributed by atoms with Gasteiger partial charge in [-0.1, -0.05) is 36.4 Å². The Balaban J connectivity index is 1.88. The third-order valence-corrected chi connectivity index (χ3v) is 6.88. The van der Waals surface area contributed by atoms with Crippen molar-refractivity contribution in [1.82, 2.24) is 9.88 Å². The van der Waals surface area contributed by atoms with Crippen LogP contribution in [0.2, 0.25) is 0 Å². The molecule has 144 valence electrons. The highest BCUT2D eigenvalue weighted by Gasteiger charge is 2.50. The monoisotopic (exact) mass is 398 g/mol. The fourth-order valence-electron chi connectivity index (χ4n) is 3.84. The van der Waals surface area contributed by atoms with Crippen LogP contribution in [0.4, 0.5) is 0 Å². The Bertz CT molecular complexity index is 1060. The molecule has 0 unspecified atom stereocenters. The van der Waals surface area contributed by atoms with Crippen molar-refractivity contribution in [1.29, 1.82) is 0 Å². The van der Waals surface area contributed by atoms with Gasteiger partial charge in [0.15, 0.2) is 9.84 Å². The highest BCUT2D eigenvalue weighted by molar-refractivity contribution is 7.91. The highest BCUT2D eigenvalue weighted by atomic mass is 32.2. The smallest absolute Gasteiger partial charge is 0.295 e. The highest BCUT2D eigenvalue weighted by Crippen LogP contribution is 2.41. The van der Waals surface area contributed by atoms with E-state index in [0.717, 1.165) is 0 Å². The predicted molar refractivity (Wildman–Crippen MR) is 102 cm³/mol. The number of carbonyl (C=O) groups is 2. The number of Topliss-reactive ketones (excluding diaryl/α,β-unsaturated/α-hetero) is 1. The van der Waals surface area contributed by atoms with Crippen molar-refractivity contribution in [3.63, 3.8) is 0 Å². The molecule has 4 rings (SSSR count). The summed E-state index contributed by atoms with van der Waals surface area (Å²) in [6.45, 7) is 0. The number of rotatable bonds is 3. The normalized spacial score (nSPS) is 25.9. The molecule has 2 fully saturated rings. The van der Waals surface area contributed by atoms with E-state index in [-0.39, 0.29) is 29.3 Å². The summed E-state index contributed by atoms with van der Waals surface area (Å²) in [7, 11) is -3.27. The number of carbonyl (C=O) groups excluding carboxylic acids is 2. The van der Waals surface area contributed by atoms with Crippen LogP contribution in [0.5, 0.6) is 0 Å². The van der Waals surface area contributed by atoms with Gasteiger partial charge in [0.2, 0.25) is 0 Å². The summed E-state index contributed by atoms with van der Waals surface area (Å²) in [5.41, 5.74) is 0.908. The van der Waals surface area contributed by atoms with Crippen LogP contribution < -0.4 is 0 Å². The van der Waals surface area contributed by atoms with Gasteiger partial charge >= 0.3 is 0 Å². The maximum absolute atomic E-state index is 12.9. The topological polar surface area (TPSA) is 105 Å². The average molecular weight is 398 g/mol. The van der Waals surface area contributed by atoms with E-state index in [9.17, 15) is 23.1 Å². The van der Waals surface area contributed by atoms with Gasteiger partial charge < -0.3 is 10.0 Å². The molecule has 2 saturated heterocycles. The summed E-state index contributed by atoms with van der Waals surface area (Å²) in [5, 5.41) is 10.8. The number of likely N-dealkylation sites (tertiary alicyclic amines) is 1. The Morgan fingerprint density at radius 2 is 1.86 bits per heavy atom. The van der Waals surface area contributed by atoms with Gasteiger partial charge in [-0.05, 0) is 18.1 Å². The van der Waals surface area contributed by atoms with Crippen LogP contribution in [0.15, 0.2) is 60.4 Å². The first-order valence-electron chi connectivity index (χ1n) is 8.85. The largest absolute Gasteiger partial charge is 0.507 e. The summed E-state index contributed by atoms with van der Waals surface area (Å²) < 4.78 is 23.9. The van der Waals surface area contributed by atoms with Crippen molar-refractivity contribution in [2.75, 3.05) is 11.5 Å². The quantitative estimate of drug-likeness (QED) is 0.479. The molecule has 2 aliphatic heterocycles. The Kier molecular flexibility index (Phi) is 4.50. The van der Waals surface area contributed by atoms with Gasteiger partial charge in [-0.15, -0.1) is 0 Å². The van der Waals surface area contributed by atoms with Crippen LogP contribution in [0.25, 0.3) is 5.76 Å². The molecule has 2 aliphatic rings. The number of aromatic nitrogens is 1. The first kappa shape index (κ1) is 18.4. The standard InChI is InChI=1S/C20H18N2O5S/c23-18(13-5-2-1-3-6-13)16-17(14-7-4-9-21-11-14)22(20(25)19(16)24)15-8-10-28(26,27)12-15/h1-7,9,11,15,17,23H,8,10,12H2/b18-16-/t15-,17-/m1/s1. The lowest BCUT2D eigenvalue weighted by Gasteiger charge is -2.29. The first-order chi connectivity index (χ1) is 13.4. The van der Waals surface area contributed by atoms with Crippen LogP contribution in [-0.2, 0) is 19.4 Å². The van der Waals surface area contributed by atoms with E-state index in [1.54, 1.807) is 48.7 Å². The van der Waals surface area contributed by atoms with E-state index < -0.39 is 33.6 Å². The molecule has 0 saturated carbocycles. The van der Waals surface area contributed by atoms with E-state index in [4.69, 9.17) is 0 Å². The van der Waals surface area contributed by atoms with Crippen molar-refractivity contribution in [2.24, 2.45) is 0 Å². The number of benzene rings is 1. The molecule has 2 atom stereocenters. The predicted octanol–water partition coefficient (Wildman–Crippen LogP) is 1.69. The molecule has 8 heteroatoms. The third kappa shape index (κ3) is 3.09. The Morgan fingerprint density at radius 3 is 2.46 bits per heavy atom. The second-order valence-electron chi connectivity index (χ2n) is 6.92. The molecule has 0 bridgehead atoms. The summed E-state index contributed by atoms with van der Waals surface area (Å²) in [6.07, 6.45) is 3.34. The van der Waals surface area contributed by atoms with E-state index in [1.807, 2.05) is 0 Å². The molecule has 1 aromatic heterocycles. The summed E-state index contributed by atoms with van der Waals surface area (Å²) in [6, 6.07) is 10.4. The minimum Gasteiger partial charge on any atom is -0.507 e. The minimum atomic E-state index is -3.27. The van der Waals surface area contributed by atoms with Crippen molar-refractivity contribution in [3.05, 3.63) is 71.6 Å². The Morgan fingerprint density at radius 1 is 1.11 bits per heavy atom. The van der Waals surface area contributed by atoms with Crippen LogP contribution in [0.1, 0.15) is 23.6 Å². The number of hydrogen-bond acceptors (Lipinski definition) is 6. The van der Waals surface area contributed by atoms with Gasteiger partial charge in [0, 0.05) is 24.0 Å². The molecule has 7 nitrogen and oxygen atoms in total. The lowest BCUT2D eigenvalue weighted by molar-refractivity contribution is -0.141. The van der Waals surface area contributed by atoms with E-state index in [0.29, 0.717) is 11.1 Å². The molecule has 1 N–H and O–H groups in total. The van der Waals surface area contributed by atoms with Crippen molar-refractivity contribution >= 4 is 27.3 Å². The van der Waals surface area contributed by atoms with Crippen LogP contribution in [0.3, 0.4) is 0 Å². The lowest BCUT2D eigenvalue weighted by atomic mass is 9.96. The molecule has 1 amide bonds. The fraction of sp³-hybridized carbons (Fsp3) is 0.250.